The van der Waals surface area contributed by atoms with Crippen molar-refractivity contribution in [3.8, 4) is 0 Å². The molecule has 4 saturated carbocycles. The van der Waals surface area contributed by atoms with Crippen LogP contribution in [0, 0.1) is 58.1 Å². The minimum absolute atomic E-state index is 0.0751. The van der Waals surface area contributed by atoms with E-state index < -0.39 is 26.8 Å². The summed E-state index contributed by atoms with van der Waals surface area (Å²) < 4.78 is 45.8. The Bertz CT molecular complexity index is 1230. The number of sulfonamides is 1. The number of hydrogen-bond donors (Lipinski definition) is 3. The smallest absolute Gasteiger partial charge is 0.421 e. The molecule has 0 aliphatic heterocycles. The van der Waals surface area contributed by atoms with Crippen LogP contribution in [0.15, 0.2) is 29.2 Å². The lowest BCUT2D eigenvalue weighted by Gasteiger charge is -2.64. The zero-order valence-corrected chi connectivity index (χ0v) is 25.7. The Labute approximate surface area is 244 Å². The van der Waals surface area contributed by atoms with E-state index in [1.807, 2.05) is 4.72 Å². The maximum Gasteiger partial charge on any atom is 0.421 e. The van der Waals surface area contributed by atoms with Crippen LogP contribution in [0.4, 0.5) is 9.18 Å². The highest BCUT2D eigenvalue weighted by Crippen LogP contribution is 2.69. The third-order valence-corrected chi connectivity index (χ3v) is 13.6. The fraction of sp³-hybridized carbons (Fsp3) is 0.781. The van der Waals surface area contributed by atoms with Crippen LogP contribution >= 0.6 is 0 Å². The number of carbonyl (C=O) groups excluding carboxylic acids is 1. The van der Waals surface area contributed by atoms with Gasteiger partial charge >= 0.3 is 6.09 Å². The van der Waals surface area contributed by atoms with Crippen molar-refractivity contribution in [2.24, 2.45) is 52.3 Å². The van der Waals surface area contributed by atoms with Crippen molar-refractivity contribution < 1.29 is 32.6 Å². The quantitative estimate of drug-likeness (QED) is 0.363. The standard InChI is InChI=1S/C32H48FNO6S/c1-5-21-25-18-20(35)12-15-32(25,4)24-13-16-31(3)22(10-11-23(31)28(24)29(21)36)19(2)14-17-40-30(37)34-41(38,39)27-9-7-6-8-26(27)33/h6-9,19-25,28-29,35-36H,5,10-18H2,1-4H3,(H,34,37)/t19-,20-,21-,22-,23+,24+,25+,28+,29-,31-,32-/m1/s1. The maximum absolute atomic E-state index is 13.9. The monoisotopic (exact) mass is 593 g/mol. The summed E-state index contributed by atoms with van der Waals surface area (Å²) in [6, 6.07) is 4.89. The normalized spacial score (nSPS) is 41.0. The van der Waals surface area contributed by atoms with Crippen LogP contribution in [0.25, 0.3) is 0 Å². The SMILES string of the molecule is CC[C@H]1[C@@H](O)[C@@H]2[C@H](CC[C@]3(C)[C@@H]([C@H](C)CCOC(=O)NS(=O)(=O)c4ccccc4F)CC[C@@H]23)[C@@]2(C)CC[C@@H](O)C[C@@H]12. The van der Waals surface area contributed by atoms with Gasteiger partial charge in [0.25, 0.3) is 10.0 Å². The third-order valence-electron chi connectivity index (χ3n) is 12.3. The highest BCUT2D eigenvalue weighted by atomic mass is 32.2. The average molecular weight is 594 g/mol. The van der Waals surface area contributed by atoms with Gasteiger partial charge in [-0.3, -0.25) is 0 Å². The summed E-state index contributed by atoms with van der Waals surface area (Å²) in [6.07, 6.45) is 6.94. The van der Waals surface area contributed by atoms with Gasteiger partial charge in [-0.2, -0.15) is 0 Å². The second kappa shape index (κ2) is 11.4. The van der Waals surface area contributed by atoms with E-state index in [4.69, 9.17) is 4.74 Å². The van der Waals surface area contributed by atoms with Crippen molar-refractivity contribution in [1.82, 2.24) is 4.72 Å². The summed E-state index contributed by atoms with van der Waals surface area (Å²) in [5, 5.41) is 22.4. The van der Waals surface area contributed by atoms with Crippen LogP contribution in [0.5, 0.6) is 0 Å². The fourth-order valence-electron chi connectivity index (χ4n) is 10.3. The van der Waals surface area contributed by atoms with E-state index in [1.165, 1.54) is 12.1 Å². The molecule has 4 aliphatic rings. The van der Waals surface area contributed by atoms with E-state index in [0.717, 1.165) is 63.5 Å². The molecule has 4 aliphatic carbocycles. The van der Waals surface area contributed by atoms with E-state index in [2.05, 4.69) is 27.7 Å². The Hall–Kier alpha value is -1.71. The van der Waals surface area contributed by atoms with Crippen molar-refractivity contribution >= 4 is 16.1 Å². The highest BCUT2D eigenvalue weighted by Gasteiger charge is 2.64. The first-order chi connectivity index (χ1) is 19.3. The van der Waals surface area contributed by atoms with Gasteiger partial charge in [0, 0.05) is 0 Å². The summed E-state index contributed by atoms with van der Waals surface area (Å²) in [7, 11) is -4.36. The molecule has 0 unspecified atom stereocenters. The Kier molecular flexibility index (Phi) is 8.56. The van der Waals surface area contributed by atoms with Crippen LogP contribution in [0.3, 0.4) is 0 Å². The zero-order valence-electron chi connectivity index (χ0n) is 24.9. The summed E-state index contributed by atoms with van der Waals surface area (Å²) in [6.45, 7) is 9.31. The maximum atomic E-state index is 13.9. The second-order valence-corrected chi connectivity index (χ2v) is 15.7. The Morgan fingerprint density at radius 3 is 2.46 bits per heavy atom. The number of aliphatic hydroxyl groups excluding tert-OH is 2. The first kappa shape index (κ1) is 30.7. The number of nitrogens with one attached hydrogen (secondary N) is 1. The number of benzene rings is 1. The van der Waals surface area contributed by atoms with Gasteiger partial charge in [-0.05, 0) is 116 Å². The summed E-state index contributed by atoms with van der Waals surface area (Å²) in [5.74, 6) is 1.55. The number of aliphatic hydroxyl groups is 2. The molecule has 0 spiro atoms. The lowest BCUT2D eigenvalue weighted by molar-refractivity contribution is -0.203. The van der Waals surface area contributed by atoms with E-state index >= 15 is 0 Å². The van der Waals surface area contributed by atoms with Crippen LogP contribution in [-0.4, -0.2) is 43.5 Å². The van der Waals surface area contributed by atoms with Gasteiger partial charge in [-0.1, -0.05) is 46.2 Å². The van der Waals surface area contributed by atoms with Crippen molar-refractivity contribution in [3.05, 3.63) is 30.1 Å². The fourth-order valence-corrected chi connectivity index (χ4v) is 11.3. The lowest BCUT2D eigenvalue weighted by atomic mass is 9.41. The molecule has 1 amide bonds. The van der Waals surface area contributed by atoms with Crippen LogP contribution in [0.1, 0.15) is 85.5 Å². The molecule has 41 heavy (non-hydrogen) atoms. The molecule has 0 heterocycles. The van der Waals surface area contributed by atoms with Gasteiger partial charge < -0.3 is 14.9 Å². The van der Waals surface area contributed by atoms with Crippen molar-refractivity contribution in [2.45, 2.75) is 103 Å². The number of carbonyl (C=O) groups is 1. The van der Waals surface area contributed by atoms with Crippen LogP contribution < -0.4 is 4.72 Å². The second-order valence-electron chi connectivity index (χ2n) is 14.1. The predicted octanol–water partition coefficient (Wildman–Crippen LogP) is 5.89. The van der Waals surface area contributed by atoms with Crippen molar-refractivity contribution in [3.63, 3.8) is 0 Å². The third kappa shape index (κ3) is 5.33. The molecule has 11 atom stereocenters. The van der Waals surface area contributed by atoms with E-state index in [9.17, 15) is 27.8 Å². The molecule has 0 bridgehead atoms. The average Bonchev–Trinajstić information content (AvgIpc) is 3.27. The highest BCUT2D eigenvalue weighted by molar-refractivity contribution is 7.90. The minimum atomic E-state index is -4.36. The predicted molar refractivity (Wildman–Crippen MR) is 154 cm³/mol. The summed E-state index contributed by atoms with van der Waals surface area (Å²) >= 11 is 0. The number of hydrogen-bond acceptors (Lipinski definition) is 6. The minimum Gasteiger partial charge on any atom is -0.449 e. The van der Waals surface area contributed by atoms with E-state index in [-0.39, 0.29) is 47.4 Å². The van der Waals surface area contributed by atoms with Gasteiger partial charge in [-0.15, -0.1) is 0 Å². The van der Waals surface area contributed by atoms with Crippen molar-refractivity contribution in [2.75, 3.05) is 6.61 Å². The van der Waals surface area contributed by atoms with Gasteiger partial charge in [-0.25, -0.2) is 22.3 Å². The Balaban J connectivity index is 1.22. The van der Waals surface area contributed by atoms with Gasteiger partial charge in [0.2, 0.25) is 0 Å². The molecule has 0 saturated heterocycles. The first-order valence-corrected chi connectivity index (χ1v) is 17.1. The molecule has 7 nitrogen and oxygen atoms in total. The largest absolute Gasteiger partial charge is 0.449 e. The first-order valence-electron chi connectivity index (χ1n) is 15.6. The topological polar surface area (TPSA) is 113 Å². The molecule has 9 heteroatoms. The molecular formula is C32H48FNO6S. The molecule has 1 aromatic rings. The van der Waals surface area contributed by atoms with Gasteiger partial charge in [0.05, 0.1) is 18.8 Å². The van der Waals surface area contributed by atoms with Gasteiger partial charge in [0.1, 0.15) is 10.7 Å². The van der Waals surface area contributed by atoms with Gasteiger partial charge in [0.15, 0.2) is 0 Å². The Morgan fingerprint density at radius 1 is 1.07 bits per heavy atom. The van der Waals surface area contributed by atoms with Crippen LogP contribution in [-0.2, 0) is 14.8 Å². The molecular weight excluding hydrogens is 545 g/mol. The molecule has 230 valence electrons. The number of fused-ring (bicyclic) bond motifs is 5. The summed E-state index contributed by atoms with van der Waals surface area (Å²) in [4.78, 5) is 11.7. The van der Waals surface area contributed by atoms with Crippen LogP contribution in [0.2, 0.25) is 0 Å². The molecule has 1 aromatic carbocycles. The Morgan fingerprint density at radius 2 is 1.76 bits per heavy atom. The van der Waals surface area contributed by atoms with E-state index in [1.54, 1.807) is 0 Å². The number of halogens is 1. The lowest BCUT2D eigenvalue weighted by Crippen LogP contribution is -2.62. The van der Waals surface area contributed by atoms with Crippen molar-refractivity contribution in [1.29, 1.82) is 0 Å². The molecule has 4 fully saturated rings. The number of rotatable bonds is 7. The number of amides is 1. The zero-order chi connectivity index (χ0) is 29.7. The molecule has 5 rings (SSSR count). The number of ether oxygens (including phenoxy) is 1. The molecule has 0 radical (unpaired) electrons. The molecule has 3 N–H and O–H groups in total. The summed E-state index contributed by atoms with van der Waals surface area (Å²) in [5.41, 5.74) is 0.257. The van der Waals surface area contributed by atoms with E-state index in [0.29, 0.717) is 30.1 Å². The molecule has 0 aromatic heterocycles.